The highest BCUT2D eigenvalue weighted by Gasteiger charge is 2.32. The smallest absolute Gasteiger partial charge is 0.275 e. The summed E-state index contributed by atoms with van der Waals surface area (Å²) in [5, 5.41) is 6.15. The number of benzene rings is 1. The number of nitrogens with zero attached hydrogens (tertiary/aromatic N) is 4. The van der Waals surface area contributed by atoms with E-state index in [1.54, 1.807) is 24.5 Å². The molecule has 4 aromatic rings. The van der Waals surface area contributed by atoms with Crippen molar-refractivity contribution in [2.24, 2.45) is 0 Å². The maximum Gasteiger partial charge on any atom is 0.275 e. The molecular weight excluding hydrogens is 464 g/mol. The number of pyridine rings is 3. The van der Waals surface area contributed by atoms with E-state index in [4.69, 9.17) is 0 Å². The van der Waals surface area contributed by atoms with Gasteiger partial charge in [0, 0.05) is 42.9 Å². The molecule has 186 valence electrons. The molecule has 1 saturated heterocycles. The maximum atomic E-state index is 13.5. The summed E-state index contributed by atoms with van der Waals surface area (Å²) >= 11 is 0. The summed E-state index contributed by atoms with van der Waals surface area (Å²) in [4.78, 5) is 41.2. The molecule has 0 saturated carbocycles. The molecular formula is C29H28N6O2. The fraction of sp³-hybridized carbons (Fsp3) is 0.207. The molecule has 4 heterocycles. The number of amides is 2. The Morgan fingerprint density at radius 2 is 1.92 bits per heavy atom. The van der Waals surface area contributed by atoms with Crippen LogP contribution in [0.2, 0.25) is 0 Å². The first-order valence-corrected chi connectivity index (χ1v) is 12.3. The molecule has 0 radical (unpaired) electrons. The van der Waals surface area contributed by atoms with E-state index in [0.29, 0.717) is 35.9 Å². The molecule has 37 heavy (non-hydrogen) atoms. The quantitative estimate of drug-likeness (QED) is 0.376. The zero-order chi connectivity index (χ0) is 25.6. The number of hydrogen-bond donors (Lipinski definition) is 2. The fourth-order valence-corrected chi connectivity index (χ4v) is 4.44. The van der Waals surface area contributed by atoms with Crippen LogP contribution in [0.3, 0.4) is 0 Å². The Morgan fingerprint density at radius 1 is 1.03 bits per heavy atom. The van der Waals surface area contributed by atoms with E-state index in [1.165, 1.54) is 0 Å². The minimum atomic E-state index is -0.332. The Labute approximate surface area is 215 Å². The van der Waals surface area contributed by atoms with Gasteiger partial charge in [0.1, 0.15) is 11.5 Å². The van der Waals surface area contributed by atoms with Crippen molar-refractivity contribution >= 4 is 23.3 Å². The van der Waals surface area contributed by atoms with Gasteiger partial charge >= 0.3 is 0 Å². The fourth-order valence-electron chi connectivity index (χ4n) is 4.44. The molecule has 3 aromatic heterocycles. The lowest BCUT2D eigenvalue weighted by Gasteiger charge is -2.25. The summed E-state index contributed by atoms with van der Waals surface area (Å²) in [6, 6.07) is 20.3. The summed E-state index contributed by atoms with van der Waals surface area (Å²) in [7, 11) is 0. The number of anilines is 2. The first-order valence-electron chi connectivity index (χ1n) is 12.3. The van der Waals surface area contributed by atoms with E-state index < -0.39 is 0 Å². The number of carbonyl (C=O) groups is 2. The number of aryl methyl sites for hydroxylation is 1. The average molecular weight is 493 g/mol. The van der Waals surface area contributed by atoms with Gasteiger partial charge in [-0.2, -0.15) is 0 Å². The highest BCUT2D eigenvalue weighted by molar-refractivity contribution is 6.02. The second-order valence-electron chi connectivity index (χ2n) is 9.07. The van der Waals surface area contributed by atoms with Gasteiger partial charge in [0.25, 0.3) is 11.8 Å². The van der Waals surface area contributed by atoms with Crippen LogP contribution in [0.25, 0.3) is 0 Å². The van der Waals surface area contributed by atoms with Gasteiger partial charge in [0.15, 0.2) is 0 Å². The summed E-state index contributed by atoms with van der Waals surface area (Å²) in [6.45, 7) is 3.20. The van der Waals surface area contributed by atoms with E-state index >= 15 is 0 Å². The average Bonchev–Trinajstić information content (AvgIpc) is 3.44. The Balaban J connectivity index is 1.29. The zero-order valence-electron chi connectivity index (χ0n) is 20.6. The molecule has 2 amide bonds. The second-order valence-corrected chi connectivity index (χ2v) is 9.07. The van der Waals surface area contributed by atoms with E-state index in [2.05, 4.69) is 25.6 Å². The molecule has 1 aliphatic rings. The third-order valence-electron chi connectivity index (χ3n) is 6.34. The van der Waals surface area contributed by atoms with Gasteiger partial charge in [0.2, 0.25) is 0 Å². The number of carbonyl (C=O) groups excluding carboxylic acids is 2. The van der Waals surface area contributed by atoms with Crippen LogP contribution in [0, 0.1) is 6.92 Å². The van der Waals surface area contributed by atoms with Crippen LogP contribution in [0.4, 0.5) is 11.5 Å². The molecule has 0 unspecified atom stereocenters. The Kier molecular flexibility index (Phi) is 7.16. The third kappa shape index (κ3) is 5.81. The summed E-state index contributed by atoms with van der Waals surface area (Å²) in [5.74, 6) is 0.0898. The first kappa shape index (κ1) is 24.1. The predicted molar refractivity (Wildman–Crippen MR) is 142 cm³/mol. The van der Waals surface area contributed by atoms with Crippen molar-refractivity contribution in [3.05, 3.63) is 113 Å². The minimum absolute atomic E-state index is 0.0481. The van der Waals surface area contributed by atoms with Crippen molar-refractivity contribution in [2.75, 3.05) is 17.2 Å². The molecule has 2 N–H and O–H groups in total. The van der Waals surface area contributed by atoms with Gasteiger partial charge in [-0.1, -0.05) is 24.3 Å². The largest absolute Gasteiger partial charge is 0.381 e. The molecule has 8 nitrogen and oxygen atoms in total. The Morgan fingerprint density at radius 3 is 2.73 bits per heavy atom. The first-order chi connectivity index (χ1) is 18.1. The number of aromatic nitrogens is 3. The molecule has 0 aliphatic carbocycles. The number of rotatable bonds is 7. The number of hydrogen-bond acceptors (Lipinski definition) is 6. The molecule has 8 heteroatoms. The van der Waals surface area contributed by atoms with Gasteiger partial charge in [-0.05, 0) is 73.4 Å². The van der Waals surface area contributed by atoms with Crippen LogP contribution in [-0.4, -0.2) is 38.2 Å². The molecule has 1 atom stereocenters. The molecule has 1 fully saturated rings. The minimum Gasteiger partial charge on any atom is -0.381 e. The normalized spacial score (nSPS) is 14.8. The van der Waals surface area contributed by atoms with Crippen LogP contribution in [0.1, 0.15) is 56.6 Å². The van der Waals surface area contributed by atoms with Gasteiger partial charge in [-0.25, -0.2) is 9.97 Å². The van der Waals surface area contributed by atoms with Gasteiger partial charge < -0.3 is 15.5 Å². The van der Waals surface area contributed by atoms with Crippen molar-refractivity contribution in [2.45, 2.75) is 32.4 Å². The van der Waals surface area contributed by atoms with E-state index in [9.17, 15) is 9.59 Å². The van der Waals surface area contributed by atoms with Crippen molar-refractivity contribution in [1.29, 1.82) is 0 Å². The van der Waals surface area contributed by atoms with E-state index in [0.717, 1.165) is 29.7 Å². The molecule has 0 spiro atoms. The SMILES string of the molecule is Cc1ccc(NC(=O)c2cccc([C@H]3CCCN3C(=O)c3cccc(NCc4cccnc4)c3)n2)nc1. The highest BCUT2D eigenvalue weighted by atomic mass is 16.2. The lowest BCUT2D eigenvalue weighted by atomic mass is 10.1. The number of nitrogens with one attached hydrogen (secondary N) is 2. The maximum absolute atomic E-state index is 13.5. The number of likely N-dealkylation sites (tertiary alicyclic amines) is 1. The Bertz CT molecular complexity index is 1390. The molecule has 1 aliphatic heterocycles. The monoisotopic (exact) mass is 492 g/mol. The van der Waals surface area contributed by atoms with E-state index in [-0.39, 0.29) is 17.9 Å². The zero-order valence-corrected chi connectivity index (χ0v) is 20.6. The molecule has 1 aromatic carbocycles. The summed E-state index contributed by atoms with van der Waals surface area (Å²) in [6.07, 6.45) is 6.93. The van der Waals surface area contributed by atoms with Crippen LogP contribution in [0.15, 0.2) is 85.3 Å². The van der Waals surface area contributed by atoms with E-state index in [1.807, 2.05) is 72.6 Å². The molecule has 5 rings (SSSR count). The van der Waals surface area contributed by atoms with Crippen LogP contribution < -0.4 is 10.6 Å². The Hall–Kier alpha value is -4.59. The van der Waals surface area contributed by atoms with Crippen molar-refractivity contribution in [3.63, 3.8) is 0 Å². The van der Waals surface area contributed by atoms with Crippen LogP contribution in [-0.2, 0) is 6.54 Å². The van der Waals surface area contributed by atoms with Gasteiger partial charge in [-0.15, -0.1) is 0 Å². The summed E-state index contributed by atoms with van der Waals surface area (Å²) < 4.78 is 0. The lowest BCUT2D eigenvalue weighted by Crippen LogP contribution is -2.31. The highest BCUT2D eigenvalue weighted by Crippen LogP contribution is 2.32. The predicted octanol–water partition coefficient (Wildman–Crippen LogP) is 5.02. The van der Waals surface area contributed by atoms with Gasteiger partial charge in [0.05, 0.1) is 11.7 Å². The van der Waals surface area contributed by atoms with Crippen molar-refractivity contribution in [3.8, 4) is 0 Å². The molecule has 0 bridgehead atoms. The third-order valence-corrected chi connectivity index (χ3v) is 6.34. The van der Waals surface area contributed by atoms with Gasteiger partial charge in [-0.3, -0.25) is 14.6 Å². The van der Waals surface area contributed by atoms with Crippen molar-refractivity contribution in [1.82, 2.24) is 19.9 Å². The summed E-state index contributed by atoms with van der Waals surface area (Å²) in [5.41, 5.74) is 4.56. The van der Waals surface area contributed by atoms with Crippen LogP contribution in [0.5, 0.6) is 0 Å². The van der Waals surface area contributed by atoms with Crippen LogP contribution >= 0.6 is 0 Å². The second kappa shape index (κ2) is 11.0. The van der Waals surface area contributed by atoms with Crippen molar-refractivity contribution < 1.29 is 9.59 Å². The lowest BCUT2D eigenvalue weighted by molar-refractivity contribution is 0.0733. The topological polar surface area (TPSA) is 100 Å². The standard InChI is InChI=1S/C29H28N6O2/c1-20-12-13-27(32-17-20)34-28(36)25-10-3-9-24(33-25)26-11-5-15-35(26)29(37)22-7-2-8-23(16-22)31-19-21-6-4-14-30-18-21/h2-4,6-10,12-14,16-18,26,31H,5,11,15,19H2,1H3,(H,32,34,36)/t26-/m1/s1.